The van der Waals surface area contributed by atoms with Gasteiger partial charge >= 0.3 is 5.97 Å². The van der Waals surface area contributed by atoms with Gasteiger partial charge in [-0.1, -0.05) is 23.7 Å². The molecule has 0 saturated carbocycles. The van der Waals surface area contributed by atoms with Crippen molar-refractivity contribution < 1.29 is 13.8 Å². The van der Waals surface area contributed by atoms with Gasteiger partial charge in [-0.3, -0.25) is 9.10 Å². The first-order valence-corrected chi connectivity index (χ1v) is 8.19. The number of hydrogen-bond donors (Lipinski definition) is 0. The van der Waals surface area contributed by atoms with Crippen molar-refractivity contribution in [2.75, 3.05) is 7.05 Å². The molecule has 106 valence electrons. The van der Waals surface area contributed by atoms with Gasteiger partial charge in [-0.05, 0) is 30.3 Å². The van der Waals surface area contributed by atoms with Crippen LogP contribution in [0.2, 0.25) is 5.02 Å². The van der Waals surface area contributed by atoms with E-state index in [1.54, 1.807) is 35.6 Å². The predicted octanol–water partition coefficient (Wildman–Crippen LogP) is 3.65. The number of amides is 1. The van der Waals surface area contributed by atoms with Crippen LogP contribution in [0.25, 0.3) is 0 Å². The molecule has 2 aliphatic heterocycles. The van der Waals surface area contributed by atoms with Crippen LogP contribution in [-0.2, 0) is 4.18 Å². The molecule has 0 fully saturated rings. The van der Waals surface area contributed by atoms with E-state index in [9.17, 15) is 9.59 Å². The Bertz CT molecular complexity index is 822. The molecule has 2 heterocycles. The van der Waals surface area contributed by atoms with Crippen LogP contribution < -0.4 is 0 Å². The van der Waals surface area contributed by atoms with Gasteiger partial charge in [0, 0.05) is 22.6 Å². The summed E-state index contributed by atoms with van der Waals surface area (Å²) in [6.07, 6.45) is 0. The Morgan fingerprint density at radius 1 is 1.05 bits per heavy atom. The molecule has 0 aliphatic carbocycles. The average molecular weight is 320 g/mol. The molecule has 4 nitrogen and oxygen atoms in total. The second-order valence-corrected chi connectivity index (χ2v) is 7.92. The molecule has 21 heavy (non-hydrogen) atoms. The van der Waals surface area contributed by atoms with Crippen LogP contribution in [0.4, 0.5) is 0 Å². The zero-order valence-electron chi connectivity index (χ0n) is 11.0. The van der Waals surface area contributed by atoms with Gasteiger partial charge in [0.15, 0.2) is 0 Å². The highest BCUT2D eigenvalue weighted by Crippen LogP contribution is 2.73. The molecule has 1 unspecified atom stereocenters. The second kappa shape index (κ2) is 4.02. The molecular formula is C15H10ClNO3S. The van der Waals surface area contributed by atoms with E-state index in [1.165, 1.54) is 0 Å². The summed E-state index contributed by atoms with van der Waals surface area (Å²) in [6.45, 7) is 0. The van der Waals surface area contributed by atoms with Gasteiger partial charge in [0.2, 0.25) is 0 Å². The Hall–Kier alpha value is -1.98. The summed E-state index contributed by atoms with van der Waals surface area (Å²) >= 11 is 5.97. The zero-order chi connectivity index (χ0) is 14.8. The van der Waals surface area contributed by atoms with Crippen LogP contribution in [0, 0.1) is 0 Å². The van der Waals surface area contributed by atoms with E-state index >= 15 is 0 Å². The fraction of sp³-hybridized carbons (Fsp3) is 0.0667. The van der Waals surface area contributed by atoms with Crippen LogP contribution in [0.15, 0.2) is 52.3 Å². The SMILES string of the molecule is CN1C(=O)c2ccccc2S12OC(=O)c1cc(Cl)ccc12. The Morgan fingerprint density at radius 3 is 2.57 bits per heavy atom. The fourth-order valence-electron chi connectivity index (χ4n) is 2.79. The molecule has 4 rings (SSSR count). The highest BCUT2D eigenvalue weighted by molar-refractivity contribution is 8.29. The number of carbonyl (C=O) groups excluding carboxylic acids is 2. The molecule has 0 aromatic heterocycles. The van der Waals surface area contributed by atoms with Crippen LogP contribution >= 0.6 is 22.1 Å². The van der Waals surface area contributed by atoms with E-state index in [0.29, 0.717) is 16.1 Å². The number of carbonyl (C=O) groups is 2. The third-order valence-electron chi connectivity index (χ3n) is 3.74. The van der Waals surface area contributed by atoms with Crippen molar-refractivity contribution >= 4 is 34.0 Å². The van der Waals surface area contributed by atoms with Crippen molar-refractivity contribution in [1.29, 1.82) is 0 Å². The van der Waals surface area contributed by atoms with Crippen molar-refractivity contribution in [1.82, 2.24) is 4.31 Å². The third-order valence-corrected chi connectivity index (χ3v) is 7.21. The van der Waals surface area contributed by atoms with Crippen LogP contribution in [0.3, 0.4) is 0 Å². The Morgan fingerprint density at radius 2 is 1.76 bits per heavy atom. The predicted molar refractivity (Wildman–Crippen MR) is 79.5 cm³/mol. The summed E-state index contributed by atoms with van der Waals surface area (Å²) in [5, 5.41) is 0.474. The van der Waals surface area contributed by atoms with E-state index in [0.717, 1.165) is 9.79 Å². The number of fused-ring (bicyclic) bond motifs is 4. The first-order chi connectivity index (χ1) is 10.1. The van der Waals surface area contributed by atoms with Gasteiger partial charge in [-0.15, -0.1) is 0 Å². The van der Waals surface area contributed by atoms with Crippen molar-refractivity contribution in [3.63, 3.8) is 0 Å². The van der Waals surface area contributed by atoms with Gasteiger partial charge in [0.1, 0.15) is 0 Å². The lowest BCUT2D eigenvalue weighted by Gasteiger charge is -2.36. The second-order valence-electron chi connectivity index (χ2n) is 4.84. The summed E-state index contributed by atoms with van der Waals surface area (Å²) in [7, 11) is -0.588. The maximum atomic E-state index is 12.5. The highest BCUT2D eigenvalue weighted by Gasteiger charge is 2.53. The summed E-state index contributed by atoms with van der Waals surface area (Å²) in [4.78, 5) is 26.2. The standard InChI is InChI=1S/C15H10ClNO3S/c1-17-14(18)10-4-2-3-5-12(10)21(17)13-7-6-9(16)8-11(13)15(19)20-21/h2-8H,1H3. The first kappa shape index (κ1) is 12.7. The molecule has 0 radical (unpaired) electrons. The topological polar surface area (TPSA) is 46.6 Å². The molecule has 0 bridgehead atoms. The van der Waals surface area contributed by atoms with Gasteiger partial charge in [-0.2, -0.15) is 0 Å². The molecule has 2 aliphatic rings. The quantitative estimate of drug-likeness (QED) is 0.744. The Balaban J connectivity index is 2.07. The van der Waals surface area contributed by atoms with Crippen LogP contribution in [0.1, 0.15) is 20.7 Å². The third kappa shape index (κ3) is 1.42. The number of benzene rings is 2. The minimum absolute atomic E-state index is 0.129. The van der Waals surface area contributed by atoms with Crippen LogP contribution in [-0.4, -0.2) is 23.2 Å². The Kier molecular flexibility index (Phi) is 2.44. The number of hydrogen-bond acceptors (Lipinski definition) is 3. The summed E-state index contributed by atoms with van der Waals surface area (Å²) in [6, 6.07) is 12.4. The smallest absolute Gasteiger partial charge is 0.352 e. The van der Waals surface area contributed by atoms with Crippen molar-refractivity contribution in [2.45, 2.75) is 9.79 Å². The van der Waals surface area contributed by atoms with E-state index < -0.39 is 16.5 Å². The molecule has 2 aromatic carbocycles. The molecule has 2 aromatic rings. The van der Waals surface area contributed by atoms with Gasteiger partial charge in [0.05, 0.1) is 20.9 Å². The van der Waals surface area contributed by atoms with Gasteiger partial charge in [-0.25, -0.2) is 4.79 Å². The van der Waals surface area contributed by atoms with E-state index in [1.807, 2.05) is 18.2 Å². The van der Waals surface area contributed by atoms with E-state index in [4.69, 9.17) is 15.8 Å². The maximum Gasteiger partial charge on any atom is 0.352 e. The molecule has 0 N–H and O–H groups in total. The molecule has 1 atom stereocenters. The van der Waals surface area contributed by atoms with E-state index in [-0.39, 0.29) is 5.91 Å². The van der Waals surface area contributed by atoms with Crippen LogP contribution in [0.5, 0.6) is 0 Å². The lowest BCUT2D eigenvalue weighted by molar-refractivity contribution is 0.0760. The number of nitrogens with zero attached hydrogens (tertiary/aromatic N) is 1. The molecule has 1 amide bonds. The van der Waals surface area contributed by atoms with Crippen molar-refractivity contribution in [2.24, 2.45) is 0 Å². The largest absolute Gasteiger partial charge is 0.383 e. The molecular weight excluding hydrogens is 310 g/mol. The number of halogens is 1. The average Bonchev–Trinajstić information content (AvgIpc) is 2.89. The summed E-state index contributed by atoms with van der Waals surface area (Å²) in [5.74, 6) is -0.560. The van der Waals surface area contributed by atoms with Crippen molar-refractivity contribution in [3.05, 3.63) is 58.6 Å². The lowest BCUT2D eigenvalue weighted by Crippen LogP contribution is -2.23. The van der Waals surface area contributed by atoms with Gasteiger partial charge < -0.3 is 4.18 Å². The highest BCUT2D eigenvalue weighted by atomic mass is 35.5. The van der Waals surface area contributed by atoms with Gasteiger partial charge in [0.25, 0.3) is 5.91 Å². The zero-order valence-corrected chi connectivity index (χ0v) is 12.6. The monoisotopic (exact) mass is 319 g/mol. The normalized spacial score (nSPS) is 25.5. The first-order valence-electron chi connectivity index (χ1n) is 6.30. The summed E-state index contributed by atoms with van der Waals surface area (Å²) < 4.78 is 7.29. The molecule has 1 spiro atoms. The minimum Gasteiger partial charge on any atom is -0.383 e. The molecule has 0 saturated heterocycles. The summed E-state index contributed by atoms with van der Waals surface area (Å²) in [5.41, 5.74) is 1.03. The molecule has 6 heteroatoms. The van der Waals surface area contributed by atoms with E-state index in [2.05, 4.69) is 0 Å². The minimum atomic E-state index is -2.26. The fourth-order valence-corrected chi connectivity index (χ4v) is 6.13. The number of rotatable bonds is 0. The lowest BCUT2D eigenvalue weighted by atomic mass is 10.2. The van der Waals surface area contributed by atoms with Crippen molar-refractivity contribution in [3.8, 4) is 0 Å². The maximum absolute atomic E-state index is 12.5. The Labute approximate surface area is 127 Å².